The van der Waals surface area contributed by atoms with E-state index < -0.39 is 0 Å². The van der Waals surface area contributed by atoms with Gasteiger partial charge < -0.3 is 5.32 Å². The SMILES string of the molecule is CCc1ccc(C(C)NC(=O)Cc2cc(Br)ccc2F)cc1. The molecule has 1 unspecified atom stereocenters. The third-order valence-corrected chi connectivity index (χ3v) is 4.12. The number of nitrogens with one attached hydrogen (secondary N) is 1. The molecule has 0 radical (unpaired) electrons. The highest BCUT2D eigenvalue weighted by Gasteiger charge is 2.12. The summed E-state index contributed by atoms with van der Waals surface area (Å²) in [6.07, 6.45) is 1.02. The molecule has 0 aliphatic heterocycles. The van der Waals surface area contributed by atoms with Crippen LogP contribution in [0.2, 0.25) is 0 Å². The van der Waals surface area contributed by atoms with E-state index in [0.717, 1.165) is 16.5 Å². The van der Waals surface area contributed by atoms with Crippen molar-refractivity contribution in [2.45, 2.75) is 32.7 Å². The molecule has 0 saturated heterocycles. The fourth-order valence-electron chi connectivity index (χ4n) is 2.27. The highest BCUT2D eigenvalue weighted by atomic mass is 79.9. The van der Waals surface area contributed by atoms with Gasteiger partial charge in [-0.25, -0.2) is 4.39 Å². The fourth-order valence-corrected chi connectivity index (χ4v) is 2.68. The normalized spacial score (nSPS) is 12.0. The average molecular weight is 364 g/mol. The minimum absolute atomic E-state index is 0.0304. The first-order valence-corrected chi connectivity index (χ1v) is 8.11. The smallest absolute Gasteiger partial charge is 0.225 e. The number of rotatable bonds is 5. The van der Waals surface area contributed by atoms with Gasteiger partial charge in [-0.2, -0.15) is 0 Å². The first-order chi connectivity index (χ1) is 10.5. The van der Waals surface area contributed by atoms with E-state index in [4.69, 9.17) is 0 Å². The molecule has 2 aromatic rings. The molecule has 0 aromatic heterocycles. The minimum Gasteiger partial charge on any atom is -0.349 e. The van der Waals surface area contributed by atoms with E-state index in [2.05, 4.69) is 40.3 Å². The summed E-state index contributed by atoms with van der Waals surface area (Å²) >= 11 is 3.29. The molecular formula is C18H19BrFNO. The van der Waals surface area contributed by atoms with Crippen LogP contribution in [0.4, 0.5) is 4.39 Å². The zero-order valence-electron chi connectivity index (χ0n) is 12.7. The van der Waals surface area contributed by atoms with Gasteiger partial charge in [0.05, 0.1) is 12.5 Å². The second kappa shape index (κ2) is 7.54. The molecule has 1 atom stereocenters. The number of hydrogen-bond acceptors (Lipinski definition) is 1. The average Bonchev–Trinajstić information content (AvgIpc) is 2.51. The number of carbonyl (C=O) groups excluding carboxylic acids is 1. The summed E-state index contributed by atoms with van der Waals surface area (Å²) < 4.78 is 14.4. The van der Waals surface area contributed by atoms with Crippen LogP contribution in [0.25, 0.3) is 0 Å². The number of benzene rings is 2. The van der Waals surface area contributed by atoms with Gasteiger partial charge in [-0.15, -0.1) is 0 Å². The van der Waals surface area contributed by atoms with Crippen molar-refractivity contribution < 1.29 is 9.18 Å². The van der Waals surface area contributed by atoms with E-state index in [0.29, 0.717) is 5.56 Å². The number of halogens is 2. The van der Waals surface area contributed by atoms with Crippen LogP contribution in [0.3, 0.4) is 0 Å². The highest BCUT2D eigenvalue weighted by Crippen LogP contribution is 2.17. The third-order valence-electron chi connectivity index (χ3n) is 3.62. The maximum absolute atomic E-state index is 13.7. The Hall–Kier alpha value is -1.68. The van der Waals surface area contributed by atoms with Gasteiger partial charge in [-0.1, -0.05) is 47.1 Å². The van der Waals surface area contributed by atoms with Gasteiger partial charge in [0, 0.05) is 4.47 Å². The van der Waals surface area contributed by atoms with Crippen molar-refractivity contribution in [3.8, 4) is 0 Å². The topological polar surface area (TPSA) is 29.1 Å². The lowest BCUT2D eigenvalue weighted by Crippen LogP contribution is -2.28. The van der Waals surface area contributed by atoms with E-state index in [1.807, 2.05) is 19.1 Å². The summed E-state index contributed by atoms with van der Waals surface area (Å²) in [7, 11) is 0. The third kappa shape index (κ3) is 4.41. The van der Waals surface area contributed by atoms with Crippen molar-refractivity contribution in [1.82, 2.24) is 5.32 Å². The Morgan fingerprint density at radius 3 is 2.55 bits per heavy atom. The van der Waals surface area contributed by atoms with Gasteiger partial charge in [0.1, 0.15) is 5.82 Å². The lowest BCUT2D eigenvalue weighted by Gasteiger charge is -2.15. The van der Waals surface area contributed by atoms with Crippen LogP contribution in [0, 0.1) is 5.82 Å². The summed E-state index contributed by atoms with van der Waals surface area (Å²) in [5.74, 6) is -0.553. The zero-order valence-corrected chi connectivity index (χ0v) is 14.3. The van der Waals surface area contributed by atoms with Crippen LogP contribution in [0.15, 0.2) is 46.9 Å². The lowest BCUT2D eigenvalue weighted by atomic mass is 10.0. The number of aryl methyl sites for hydroxylation is 1. The Bertz CT molecular complexity index is 655. The van der Waals surface area contributed by atoms with Crippen LogP contribution in [0.5, 0.6) is 0 Å². The fraction of sp³-hybridized carbons (Fsp3) is 0.278. The van der Waals surface area contributed by atoms with E-state index >= 15 is 0 Å². The van der Waals surface area contributed by atoms with Crippen molar-refractivity contribution in [2.75, 3.05) is 0 Å². The standard InChI is InChI=1S/C18H19BrFNO/c1-3-13-4-6-14(7-5-13)12(2)21-18(22)11-15-10-16(19)8-9-17(15)20/h4-10,12H,3,11H2,1-2H3,(H,21,22). The monoisotopic (exact) mass is 363 g/mol. The largest absolute Gasteiger partial charge is 0.349 e. The van der Waals surface area contributed by atoms with Crippen LogP contribution >= 0.6 is 15.9 Å². The summed E-state index contributed by atoms with van der Waals surface area (Å²) in [5.41, 5.74) is 2.69. The number of hydrogen-bond donors (Lipinski definition) is 1. The molecule has 0 bridgehead atoms. The van der Waals surface area contributed by atoms with Crippen molar-refractivity contribution in [1.29, 1.82) is 0 Å². The minimum atomic E-state index is -0.363. The predicted octanol–water partition coefficient (Wildman–Crippen LogP) is 4.57. The van der Waals surface area contributed by atoms with Gasteiger partial charge in [0.2, 0.25) is 5.91 Å². The molecule has 2 rings (SSSR count). The van der Waals surface area contributed by atoms with Gasteiger partial charge in [-0.3, -0.25) is 4.79 Å². The quantitative estimate of drug-likeness (QED) is 0.827. The molecule has 4 heteroatoms. The second-order valence-electron chi connectivity index (χ2n) is 5.30. The van der Waals surface area contributed by atoms with Crippen molar-refractivity contribution in [2.24, 2.45) is 0 Å². The van der Waals surface area contributed by atoms with E-state index in [-0.39, 0.29) is 24.2 Å². The maximum Gasteiger partial charge on any atom is 0.225 e. The summed E-state index contributed by atoms with van der Waals surface area (Å²) in [6, 6.07) is 12.7. The van der Waals surface area contributed by atoms with E-state index in [9.17, 15) is 9.18 Å². The van der Waals surface area contributed by atoms with Gasteiger partial charge in [0.25, 0.3) is 0 Å². The molecule has 0 aliphatic rings. The van der Waals surface area contributed by atoms with Gasteiger partial charge in [0.15, 0.2) is 0 Å². The van der Waals surface area contributed by atoms with Gasteiger partial charge >= 0.3 is 0 Å². The molecule has 1 amide bonds. The summed E-state index contributed by atoms with van der Waals surface area (Å²) in [6.45, 7) is 4.03. The Kier molecular flexibility index (Phi) is 5.72. The van der Waals surface area contributed by atoms with Gasteiger partial charge in [-0.05, 0) is 48.2 Å². The molecule has 0 aliphatic carbocycles. The summed E-state index contributed by atoms with van der Waals surface area (Å²) in [4.78, 5) is 12.1. The molecule has 0 heterocycles. The molecule has 1 N–H and O–H groups in total. The molecule has 0 saturated carbocycles. The molecule has 0 fully saturated rings. The Balaban J connectivity index is 2.00. The molecule has 2 nitrogen and oxygen atoms in total. The molecule has 0 spiro atoms. The molecule has 22 heavy (non-hydrogen) atoms. The Labute approximate surface area is 138 Å². The second-order valence-corrected chi connectivity index (χ2v) is 6.21. The lowest BCUT2D eigenvalue weighted by molar-refractivity contribution is -0.121. The number of carbonyl (C=O) groups is 1. The highest BCUT2D eigenvalue weighted by molar-refractivity contribution is 9.10. The predicted molar refractivity (Wildman–Crippen MR) is 90.2 cm³/mol. The molecule has 2 aromatic carbocycles. The maximum atomic E-state index is 13.7. The van der Waals surface area contributed by atoms with Crippen LogP contribution in [-0.2, 0) is 17.6 Å². The first kappa shape index (κ1) is 16.7. The van der Waals surface area contributed by atoms with Crippen molar-refractivity contribution in [3.05, 3.63) is 69.4 Å². The van der Waals surface area contributed by atoms with E-state index in [1.54, 1.807) is 12.1 Å². The van der Waals surface area contributed by atoms with Crippen LogP contribution in [-0.4, -0.2) is 5.91 Å². The van der Waals surface area contributed by atoms with Crippen LogP contribution < -0.4 is 5.32 Å². The Morgan fingerprint density at radius 1 is 1.23 bits per heavy atom. The van der Waals surface area contributed by atoms with Crippen molar-refractivity contribution >= 4 is 21.8 Å². The zero-order chi connectivity index (χ0) is 16.1. The first-order valence-electron chi connectivity index (χ1n) is 7.31. The summed E-state index contributed by atoms with van der Waals surface area (Å²) in [5, 5.41) is 2.91. The van der Waals surface area contributed by atoms with Crippen molar-refractivity contribution in [3.63, 3.8) is 0 Å². The molecule has 116 valence electrons. The van der Waals surface area contributed by atoms with Crippen LogP contribution in [0.1, 0.15) is 36.6 Å². The van der Waals surface area contributed by atoms with E-state index in [1.165, 1.54) is 11.6 Å². The molecular weight excluding hydrogens is 345 g/mol. The Morgan fingerprint density at radius 2 is 1.91 bits per heavy atom. The number of amides is 1.